The fourth-order valence-electron chi connectivity index (χ4n) is 2.43. The monoisotopic (exact) mass is 413 g/mol. The molecule has 0 atom stereocenters. The van der Waals surface area contributed by atoms with E-state index in [4.69, 9.17) is 20.8 Å². The van der Waals surface area contributed by atoms with Crippen molar-refractivity contribution >= 4 is 33.4 Å². The van der Waals surface area contributed by atoms with Gasteiger partial charge in [-0.15, -0.1) is 0 Å². The first-order valence-corrected chi connectivity index (χ1v) is 9.73. The molecule has 1 aromatic carbocycles. The number of ether oxygens (including phenoxy) is 1. The molecule has 0 saturated carbocycles. The molecule has 1 aromatic heterocycles. The fraction of sp³-hybridized carbons (Fsp3) is 0.250. The summed E-state index contributed by atoms with van der Waals surface area (Å²) in [5, 5.41) is 0.0423. The second kappa shape index (κ2) is 8.09. The molecule has 2 amide bonds. The van der Waals surface area contributed by atoms with E-state index in [0.717, 1.165) is 0 Å². The van der Waals surface area contributed by atoms with Gasteiger partial charge in [-0.05, 0) is 30.3 Å². The van der Waals surface area contributed by atoms with Gasteiger partial charge in [0.05, 0.1) is 35.0 Å². The number of furan rings is 1. The molecule has 3 rings (SSSR count). The maximum absolute atomic E-state index is 12.7. The predicted octanol–water partition coefficient (Wildman–Crippen LogP) is 1.03. The van der Waals surface area contributed by atoms with Crippen molar-refractivity contribution in [1.29, 1.82) is 0 Å². The van der Waals surface area contributed by atoms with Gasteiger partial charge in [-0.1, -0.05) is 11.6 Å². The number of carbonyl (C=O) groups excluding carboxylic acids is 2. The van der Waals surface area contributed by atoms with E-state index in [0.29, 0.717) is 13.2 Å². The zero-order chi connectivity index (χ0) is 19.4. The maximum Gasteiger partial charge on any atom is 0.305 e. The number of halogens is 1. The van der Waals surface area contributed by atoms with Crippen LogP contribution in [-0.4, -0.2) is 50.8 Å². The van der Waals surface area contributed by atoms with E-state index in [2.05, 4.69) is 10.9 Å². The van der Waals surface area contributed by atoms with E-state index in [9.17, 15) is 18.0 Å². The van der Waals surface area contributed by atoms with Gasteiger partial charge in [-0.3, -0.25) is 20.4 Å². The Morgan fingerprint density at radius 3 is 2.44 bits per heavy atom. The minimum absolute atomic E-state index is 0.00467. The maximum atomic E-state index is 12.7. The van der Waals surface area contributed by atoms with Crippen LogP contribution in [0.1, 0.15) is 20.9 Å². The first-order valence-electron chi connectivity index (χ1n) is 7.91. The molecule has 2 N–H and O–H groups in total. The lowest BCUT2D eigenvalue weighted by Crippen LogP contribution is -2.42. The lowest BCUT2D eigenvalue weighted by Gasteiger charge is -2.26. The zero-order valence-electron chi connectivity index (χ0n) is 14.0. The second-order valence-electron chi connectivity index (χ2n) is 5.54. The highest BCUT2D eigenvalue weighted by Crippen LogP contribution is 2.23. The van der Waals surface area contributed by atoms with Gasteiger partial charge < -0.3 is 9.15 Å². The van der Waals surface area contributed by atoms with Crippen LogP contribution in [0.5, 0.6) is 0 Å². The van der Waals surface area contributed by atoms with Gasteiger partial charge in [-0.2, -0.15) is 4.31 Å². The number of amides is 2. The Hall–Kier alpha value is -2.40. The quantitative estimate of drug-likeness (QED) is 0.723. The van der Waals surface area contributed by atoms with Gasteiger partial charge in [0, 0.05) is 13.1 Å². The molecule has 144 valence electrons. The highest BCUT2D eigenvalue weighted by atomic mass is 35.5. The van der Waals surface area contributed by atoms with Crippen LogP contribution in [-0.2, 0) is 14.8 Å². The van der Waals surface area contributed by atoms with E-state index < -0.39 is 21.8 Å². The molecular weight excluding hydrogens is 398 g/mol. The molecule has 1 fully saturated rings. The minimum Gasteiger partial charge on any atom is -0.459 e. The molecule has 2 aromatic rings. The Kier molecular flexibility index (Phi) is 5.80. The van der Waals surface area contributed by atoms with Crippen molar-refractivity contribution < 1.29 is 27.2 Å². The lowest BCUT2D eigenvalue weighted by molar-refractivity contribution is 0.0730. The molecule has 2 heterocycles. The summed E-state index contributed by atoms with van der Waals surface area (Å²) in [4.78, 5) is 24.0. The van der Waals surface area contributed by atoms with Crippen LogP contribution in [0, 0.1) is 0 Å². The molecule has 0 radical (unpaired) electrons. The summed E-state index contributed by atoms with van der Waals surface area (Å²) in [6, 6.07) is 6.75. The third-order valence-corrected chi connectivity index (χ3v) is 6.05. The number of rotatable bonds is 4. The van der Waals surface area contributed by atoms with Crippen LogP contribution >= 0.6 is 11.6 Å². The average molecular weight is 414 g/mol. The SMILES string of the molecule is O=C(NNC(=O)c1cc(S(=O)(=O)N2CCOCC2)ccc1Cl)c1ccco1. The van der Waals surface area contributed by atoms with Gasteiger partial charge in [0.2, 0.25) is 10.0 Å². The van der Waals surface area contributed by atoms with E-state index in [1.165, 1.54) is 40.9 Å². The van der Waals surface area contributed by atoms with Gasteiger partial charge in [-0.25, -0.2) is 8.42 Å². The van der Waals surface area contributed by atoms with Crippen molar-refractivity contribution in [3.63, 3.8) is 0 Å². The summed E-state index contributed by atoms with van der Waals surface area (Å²) < 4.78 is 36.8. The van der Waals surface area contributed by atoms with Crippen LogP contribution in [0.15, 0.2) is 45.9 Å². The number of sulfonamides is 1. The molecule has 0 unspecified atom stereocenters. The molecule has 0 spiro atoms. The number of hydrogen-bond acceptors (Lipinski definition) is 6. The molecule has 0 bridgehead atoms. The summed E-state index contributed by atoms with van der Waals surface area (Å²) in [6.07, 6.45) is 1.31. The normalized spacial score (nSPS) is 15.3. The van der Waals surface area contributed by atoms with E-state index in [1.54, 1.807) is 0 Å². The van der Waals surface area contributed by atoms with Gasteiger partial charge in [0.15, 0.2) is 5.76 Å². The number of nitrogens with zero attached hydrogens (tertiary/aromatic N) is 1. The van der Waals surface area contributed by atoms with Crippen LogP contribution in [0.3, 0.4) is 0 Å². The van der Waals surface area contributed by atoms with Gasteiger partial charge in [0.25, 0.3) is 5.91 Å². The Morgan fingerprint density at radius 1 is 1.07 bits per heavy atom. The Bertz CT molecular complexity index is 939. The molecule has 1 aliphatic heterocycles. The van der Waals surface area contributed by atoms with Crippen molar-refractivity contribution in [3.8, 4) is 0 Å². The highest BCUT2D eigenvalue weighted by Gasteiger charge is 2.27. The number of nitrogens with one attached hydrogen (secondary N) is 2. The topological polar surface area (TPSA) is 118 Å². The highest BCUT2D eigenvalue weighted by molar-refractivity contribution is 7.89. The van der Waals surface area contributed by atoms with Gasteiger partial charge >= 0.3 is 5.91 Å². The number of hydrazine groups is 1. The first-order chi connectivity index (χ1) is 12.9. The average Bonchev–Trinajstić information content (AvgIpc) is 3.21. The third-order valence-electron chi connectivity index (χ3n) is 3.82. The van der Waals surface area contributed by atoms with Crippen molar-refractivity contribution in [2.75, 3.05) is 26.3 Å². The Morgan fingerprint density at radius 2 is 1.78 bits per heavy atom. The number of carbonyl (C=O) groups is 2. The summed E-state index contributed by atoms with van der Waals surface area (Å²) in [5.41, 5.74) is 4.25. The van der Waals surface area contributed by atoms with Crippen molar-refractivity contribution in [2.24, 2.45) is 0 Å². The van der Waals surface area contributed by atoms with Crippen LogP contribution in [0.2, 0.25) is 5.02 Å². The molecular formula is C16H16ClN3O6S. The second-order valence-corrected chi connectivity index (χ2v) is 7.89. The fourth-order valence-corrected chi connectivity index (χ4v) is 4.06. The molecule has 11 heteroatoms. The lowest BCUT2D eigenvalue weighted by atomic mass is 10.2. The largest absolute Gasteiger partial charge is 0.459 e. The number of morpholine rings is 1. The van der Waals surface area contributed by atoms with E-state index in [-0.39, 0.29) is 34.3 Å². The first kappa shape index (κ1) is 19.4. The molecule has 9 nitrogen and oxygen atoms in total. The van der Waals surface area contributed by atoms with Crippen molar-refractivity contribution in [1.82, 2.24) is 15.2 Å². The number of benzene rings is 1. The smallest absolute Gasteiger partial charge is 0.305 e. The molecule has 1 saturated heterocycles. The summed E-state index contributed by atoms with van der Waals surface area (Å²) in [5.74, 6) is -1.43. The van der Waals surface area contributed by atoms with Crippen molar-refractivity contribution in [3.05, 3.63) is 52.9 Å². The summed E-state index contributed by atoms with van der Waals surface area (Å²) >= 11 is 6.02. The van der Waals surface area contributed by atoms with E-state index in [1.807, 2.05) is 0 Å². The van der Waals surface area contributed by atoms with E-state index >= 15 is 0 Å². The van der Waals surface area contributed by atoms with Crippen LogP contribution in [0.25, 0.3) is 0 Å². The molecule has 27 heavy (non-hydrogen) atoms. The van der Waals surface area contributed by atoms with Crippen molar-refractivity contribution in [2.45, 2.75) is 4.90 Å². The zero-order valence-corrected chi connectivity index (χ0v) is 15.5. The summed E-state index contributed by atoms with van der Waals surface area (Å²) in [7, 11) is -3.79. The van der Waals surface area contributed by atoms with Gasteiger partial charge in [0.1, 0.15) is 0 Å². The van der Waals surface area contributed by atoms with Crippen LogP contribution in [0.4, 0.5) is 0 Å². The third kappa shape index (κ3) is 4.30. The molecule has 1 aliphatic rings. The number of hydrogen-bond donors (Lipinski definition) is 2. The van der Waals surface area contributed by atoms with Crippen LogP contribution < -0.4 is 10.9 Å². The summed E-state index contributed by atoms with van der Waals surface area (Å²) in [6.45, 7) is 1.06. The Labute approximate surface area is 160 Å². The standard InChI is InChI=1S/C16H16ClN3O6S/c17-13-4-3-11(27(23,24)20-5-8-25-9-6-20)10-12(13)15(21)18-19-16(22)14-2-1-7-26-14/h1-4,7,10H,5-6,8-9H2,(H,18,21)(H,19,22). The molecule has 0 aliphatic carbocycles. The minimum atomic E-state index is -3.79. The Balaban J connectivity index is 1.76. The predicted molar refractivity (Wildman–Crippen MR) is 94.7 cm³/mol.